The Labute approximate surface area is 78.2 Å². The molecule has 1 aromatic rings. The molecular formula is C8H9Cl2Si. The number of aryl methyl sites for hydroxylation is 1. The second-order valence-corrected chi connectivity index (χ2v) is 6.85. The summed E-state index contributed by atoms with van der Waals surface area (Å²) in [7, 11) is -1.16. The van der Waals surface area contributed by atoms with Gasteiger partial charge in [-0.05, 0) is 18.5 Å². The lowest BCUT2D eigenvalue weighted by molar-refractivity contribution is 1.35. The molecule has 0 amide bonds. The number of halogens is 2. The molecule has 0 saturated carbocycles. The molecule has 0 nitrogen and oxygen atoms in total. The van der Waals surface area contributed by atoms with Crippen molar-refractivity contribution in [1.29, 1.82) is 0 Å². The van der Waals surface area contributed by atoms with Gasteiger partial charge in [-0.2, -0.15) is 0 Å². The predicted molar refractivity (Wildman–Crippen MR) is 52.3 cm³/mol. The summed E-state index contributed by atoms with van der Waals surface area (Å²) in [5, 5.41) is 0. The first kappa shape index (κ1) is 9.11. The van der Waals surface area contributed by atoms with E-state index in [2.05, 4.69) is 31.2 Å². The summed E-state index contributed by atoms with van der Waals surface area (Å²) in [6.07, 6.45) is 0. The van der Waals surface area contributed by atoms with E-state index in [0.717, 1.165) is 6.04 Å². The van der Waals surface area contributed by atoms with Gasteiger partial charge in [-0.3, -0.25) is 0 Å². The molecule has 0 N–H and O–H groups in total. The molecule has 0 fully saturated rings. The average molecular weight is 204 g/mol. The Morgan fingerprint density at radius 3 is 2.18 bits per heavy atom. The van der Waals surface area contributed by atoms with Gasteiger partial charge in [0.05, 0.1) is 0 Å². The third-order valence-corrected chi connectivity index (χ3v) is 2.94. The zero-order valence-electron chi connectivity index (χ0n) is 6.27. The minimum atomic E-state index is -1.16. The van der Waals surface area contributed by atoms with Crippen LogP contribution < -0.4 is 0 Å². The molecule has 0 unspecified atom stereocenters. The van der Waals surface area contributed by atoms with Crippen molar-refractivity contribution in [1.82, 2.24) is 0 Å². The van der Waals surface area contributed by atoms with E-state index < -0.39 is 7.42 Å². The minimum absolute atomic E-state index is 0.827. The molecule has 0 aliphatic heterocycles. The smallest absolute Gasteiger partial charge is 0.146 e. The lowest BCUT2D eigenvalue weighted by Crippen LogP contribution is -1.98. The Morgan fingerprint density at radius 2 is 1.73 bits per heavy atom. The molecule has 0 aliphatic rings. The summed E-state index contributed by atoms with van der Waals surface area (Å²) in [4.78, 5) is 0. The number of hydrogen-bond donors (Lipinski definition) is 0. The third kappa shape index (κ3) is 3.28. The second kappa shape index (κ2) is 4.15. The molecule has 1 rings (SSSR count). The standard InChI is InChI=1S/C8H9Cl2Si/c1-7-2-4-8(5-3-7)6-11(9)10/h2-5H,6H2,1H3. The van der Waals surface area contributed by atoms with Gasteiger partial charge in [-0.25, -0.2) is 0 Å². The maximum Gasteiger partial charge on any atom is 0.278 e. The average Bonchev–Trinajstić information content (AvgIpc) is 1.93. The summed E-state index contributed by atoms with van der Waals surface area (Å²) in [6, 6.07) is 9.13. The molecule has 0 aromatic heterocycles. The minimum Gasteiger partial charge on any atom is -0.146 e. The molecule has 0 bridgehead atoms. The van der Waals surface area contributed by atoms with Crippen molar-refractivity contribution in [3.05, 3.63) is 35.4 Å². The van der Waals surface area contributed by atoms with Gasteiger partial charge in [0, 0.05) is 0 Å². The van der Waals surface area contributed by atoms with Crippen molar-refractivity contribution in [2.45, 2.75) is 13.0 Å². The summed E-state index contributed by atoms with van der Waals surface area (Å²) in [6.45, 7) is 2.07. The van der Waals surface area contributed by atoms with Gasteiger partial charge < -0.3 is 0 Å². The zero-order chi connectivity index (χ0) is 8.27. The van der Waals surface area contributed by atoms with E-state index >= 15 is 0 Å². The summed E-state index contributed by atoms with van der Waals surface area (Å²) in [5.74, 6) is 0. The molecule has 11 heavy (non-hydrogen) atoms. The first-order chi connectivity index (χ1) is 5.18. The molecule has 1 radical (unpaired) electrons. The summed E-state index contributed by atoms with van der Waals surface area (Å²) >= 11 is 11.4. The van der Waals surface area contributed by atoms with Crippen LogP contribution in [0.25, 0.3) is 0 Å². The van der Waals surface area contributed by atoms with Crippen molar-refractivity contribution < 1.29 is 0 Å². The van der Waals surface area contributed by atoms with E-state index in [-0.39, 0.29) is 0 Å². The highest BCUT2D eigenvalue weighted by atomic mass is 35.7. The van der Waals surface area contributed by atoms with E-state index in [1.54, 1.807) is 0 Å². The highest BCUT2D eigenvalue weighted by Crippen LogP contribution is 2.08. The Bertz CT molecular complexity index is 218. The van der Waals surface area contributed by atoms with Crippen molar-refractivity contribution >= 4 is 29.6 Å². The Morgan fingerprint density at radius 1 is 1.18 bits per heavy atom. The van der Waals surface area contributed by atoms with E-state index in [1.165, 1.54) is 11.1 Å². The van der Waals surface area contributed by atoms with Gasteiger partial charge in [0.1, 0.15) is 0 Å². The monoisotopic (exact) mass is 203 g/mol. The molecular weight excluding hydrogens is 195 g/mol. The van der Waals surface area contributed by atoms with Crippen LogP contribution in [0.15, 0.2) is 24.3 Å². The lowest BCUT2D eigenvalue weighted by atomic mass is 10.2. The second-order valence-electron chi connectivity index (χ2n) is 2.50. The van der Waals surface area contributed by atoms with Crippen LogP contribution >= 0.6 is 22.2 Å². The molecule has 0 aliphatic carbocycles. The Hall–Kier alpha value is 0.0169. The molecule has 0 heterocycles. The molecule has 0 spiro atoms. The number of benzene rings is 1. The Balaban J connectivity index is 2.66. The number of rotatable bonds is 2. The van der Waals surface area contributed by atoms with E-state index in [4.69, 9.17) is 22.2 Å². The SMILES string of the molecule is Cc1ccc(C[Si](Cl)Cl)cc1. The fourth-order valence-electron chi connectivity index (χ4n) is 0.860. The molecule has 0 saturated heterocycles. The normalized spacial score (nSPS) is 10.5. The van der Waals surface area contributed by atoms with Crippen molar-refractivity contribution in [3.8, 4) is 0 Å². The van der Waals surface area contributed by atoms with E-state index in [0.29, 0.717) is 0 Å². The first-order valence-corrected chi connectivity index (χ1v) is 7.14. The van der Waals surface area contributed by atoms with Crippen LogP contribution in [0.3, 0.4) is 0 Å². The van der Waals surface area contributed by atoms with Crippen molar-refractivity contribution in [3.63, 3.8) is 0 Å². The lowest BCUT2D eigenvalue weighted by Gasteiger charge is -1.99. The van der Waals surface area contributed by atoms with Crippen LogP contribution in [0.5, 0.6) is 0 Å². The van der Waals surface area contributed by atoms with E-state index in [1.807, 2.05) is 0 Å². The fourth-order valence-corrected chi connectivity index (χ4v) is 2.33. The molecule has 0 atom stereocenters. The topological polar surface area (TPSA) is 0 Å². The molecule has 59 valence electrons. The van der Waals surface area contributed by atoms with Crippen molar-refractivity contribution in [2.24, 2.45) is 0 Å². The van der Waals surface area contributed by atoms with Crippen LogP contribution in [0.2, 0.25) is 0 Å². The van der Waals surface area contributed by atoms with E-state index in [9.17, 15) is 0 Å². The van der Waals surface area contributed by atoms with Gasteiger partial charge in [0.25, 0.3) is 7.42 Å². The zero-order valence-corrected chi connectivity index (χ0v) is 8.78. The van der Waals surface area contributed by atoms with Gasteiger partial charge in [-0.1, -0.05) is 29.8 Å². The highest BCUT2D eigenvalue weighted by Gasteiger charge is 2.03. The summed E-state index contributed by atoms with van der Waals surface area (Å²) in [5.41, 5.74) is 2.50. The largest absolute Gasteiger partial charge is 0.278 e. The van der Waals surface area contributed by atoms with Crippen LogP contribution in [-0.4, -0.2) is 7.42 Å². The van der Waals surface area contributed by atoms with Gasteiger partial charge in [-0.15, -0.1) is 22.2 Å². The van der Waals surface area contributed by atoms with Crippen LogP contribution in [-0.2, 0) is 6.04 Å². The van der Waals surface area contributed by atoms with Crippen LogP contribution in [0.1, 0.15) is 11.1 Å². The maximum atomic E-state index is 5.72. The quantitative estimate of drug-likeness (QED) is 0.513. The highest BCUT2D eigenvalue weighted by molar-refractivity contribution is 7.33. The van der Waals surface area contributed by atoms with Gasteiger partial charge in [0.15, 0.2) is 0 Å². The molecule has 1 aromatic carbocycles. The van der Waals surface area contributed by atoms with Gasteiger partial charge in [0.2, 0.25) is 0 Å². The molecule has 3 heteroatoms. The van der Waals surface area contributed by atoms with Crippen LogP contribution in [0, 0.1) is 6.92 Å². The fraction of sp³-hybridized carbons (Fsp3) is 0.250. The van der Waals surface area contributed by atoms with Crippen LogP contribution in [0.4, 0.5) is 0 Å². The summed E-state index contributed by atoms with van der Waals surface area (Å²) < 4.78 is 0. The number of hydrogen-bond acceptors (Lipinski definition) is 0. The predicted octanol–water partition coefficient (Wildman–Crippen LogP) is 3.04. The third-order valence-electron chi connectivity index (χ3n) is 1.46. The van der Waals surface area contributed by atoms with Gasteiger partial charge >= 0.3 is 0 Å². The van der Waals surface area contributed by atoms with Crippen molar-refractivity contribution in [2.75, 3.05) is 0 Å². The first-order valence-electron chi connectivity index (χ1n) is 3.41. The Kier molecular flexibility index (Phi) is 3.43. The maximum absolute atomic E-state index is 5.72.